The van der Waals surface area contributed by atoms with Gasteiger partial charge in [-0.3, -0.25) is 9.59 Å². The highest BCUT2D eigenvalue weighted by Crippen LogP contribution is 2.28. The van der Waals surface area contributed by atoms with Crippen LogP contribution in [0.2, 0.25) is 0 Å². The van der Waals surface area contributed by atoms with Gasteiger partial charge in [-0.1, -0.05) is 30.3 Å². The van der Waals surface area contributed by atoms with Crippen LogP contribution >= 0.6 is 0 Å². The maximum atomic E-state index is 13.7. The molecule has 0 bridgehead atoms. The first-order chi connectivity index (χ1) is 16.2. The molecule has 0 fully saturated rings. The number of nitrogens with one attached hydrogen (secondary N) is 1. The van der Waals surface area contributed by atoms with E-state index >= 15 is 0 Å². The van der Waals surface area contributed by atoms with Crippen LogP contribution in [0.25, 0.3) is 16.6 Å². The second-order valence-electron chi connectivity index (χ2n) is 8.12. The Balaban J connectivity index is 1.50. The number of rotatable bonds is 7. The van der Waals surface area contributed by atoms with Gasteiger partial charge in [-0.2, -0.15) is 5.10 Å². The highest BCUT2D eigenvalue weighted by Gasteiger charge is 2.30. The van der Waals surface area contributed by atoms with E-state index in [-0.39, 0.29) is 18.0 Å². The Kier molecular flexibility index (Phi) is 5.75. The van der Waals surface area contributed by atoms with Gasteiger partial charge >= 0.3 is 0 Å². The Morgan fingerprint density at radius 2 is 1.91 bits per heavy atom. The number of nitrogens with zero attached hydrogens (tertiary/aromatic N) is 4. The minimum atomic E-state index is -0.219. The quantitative estimate of drug-likeness (QED) is 0.474. The van der Waals surface area contributed by atoms with Gasteiger partial charge in [0.25, 0.3) is 11.5 Å². The molecular formula is C25H25N5O3. The van der Waals surface area contributed by atoms with E-state index in [4.69, 9.17) is 9.84 Å². The van der Waals surface area contributed by atoms with Gasteiger partial charge in [0.15, 0.2) is 5.69 Å². The Morgan fingerprint density at radius 3 is 2.73 bits per heavy atom. The lowest BCUT2D eigenvalue weighted by Crippen LogP contribution is -2.35. The predicted octanol–water partition coefficient (Wildman–Crippen LogP) is 2.89. The summed E-state index contributed by atoms with van der Waals surface area (Å²) in [4.78, 5) is 35.2. The van der Waals surface area contributed by atoms with Crippen molar-refractivity contribution in [3.05, 3.63) is 87.7 Å². The van der Waals surface area contributed by atoms with Gasteiger partial charge in [0, 0.05) is 24.9 Å². The molecule has 8 heteroatoms. The van der Waals surface area contributed by atoms with Crippen LogP contribution in [0.1, 0.15) is 34.0 Å². The summed E-state index contributed by atoms with van der Waals surface area (Å²) in [6.45, 7) is 0.888. The normalized spacial score (nSPS) is 12.8. The largest absolute Gasteiger partial charge is 0.383 e. The molecule has 2 aromatic heterocycles. The summed E-state index contributed by atoms with van der Waals surface area (Å²) in [5.41, 5.74) is 3.89. The summed E-state index contributed by atoms with van der Waals surface area (Å²) in [6, 6.07) is 17.0. The van der Waals surface area contributed by atoms with Crippen LogP contribution in [-0.2, 0) is 24.1 Å². The number of H-pyrrole nitrogens is 1. The topological polar surface area (TPSA) is 93.1 Å². The summed E-state index contributed by atoms with van der Waals surface area (Å²) in [7, 11) is 1.60. The van der Waals surface area contributed by atoms with Gasteiger partial charge in [0.2, 0.25) is 0 Å². The second kappa shape index (κ2) is 8.99. The molecular weight excluding hydrogens is 418 g/mol. The molecule has 2 aromatic carbocycles. The van der Waals surface area contributed by atoms with E-state index in [9.17, 15) is 9.59 Å². The van der Waals surface area contributed by atoms with Gasteiger partial charge < -0.3 is 14.6 Å². The van der Waals surface area contributed by atoms with Crippen LogP contribution in [0.4, 0.5) is 0 Å². The number of benzene rings is 2. The molecule has 33 heavy (non-hydrogen) atoms. The number of carbonyl (C=O) groups is 1. The number of carbonyl (C=O) groups excluding carboxylic acids is 1. The molecule has 1 aliphatic carbocycles. The third kappa shape index (κ3) is 4.05. The smallest absolute Gasteiger partial charge is 0.275 e. The van der Waals surface area contributed by atoms with E-state index in [0.717, 1.165) is 36.2 Å². The third-order valence-electron chi connectivity index (χ3n) is 5.99. The van der Waals surface area contributed by atoms with Gasteiger partial charge in [-0.25, -0.2) is 9.67 Å². The highest BCUT2D eigenvalue weighted by molar-refractivity contribution is 5.94. The van der Waals surface area contributed by atoms with Crippen molar-refractivity contribution in [1.82, 2.24) is 24.6 Å². The minimum absolute atomic E-state index is 0.162. The summed E-state index contributed by atoms with van der Waals surface area (Å²) in [5, 5.41) is 5.26. The molecule has 4 aromatic rings. The number of aromatic amines is 1. The van der Waals surface area contributed by atoms with E-state index < -0.39 is 0 Å². The van der Waals surface area contributed by atoms with E-state index in [1.807, 2.05) is 41.1 Å². The van der Waals surface area contributed by atoms with E-state index in [1.54, 1.807) is 30.2 Å². The number of para-hydroxylation sites is 2. The molecule has 0 radical (unpaired) electrons. The monoisotopic (exact) mass is 443 g/mol. The van der Waals surface area contributed by atoms with Crippen molar-refractivity contribution in [2.45, 2.75) is 25.8 Å². The summed E-state index contributed by atoms with van der Waals surface area (Å²) < 4.78 is 7.13. The Hall–Kier alpha value is -3.78. The van der Waals surface area contributed by atoms with Crippen molar-refractivity contribution in [3.63, 3.8) is 0 Å². The van der Waals surface area contributed by atoms with Gasteiger partial charge in [0.1, 0.15) is 5.82 Å². The second-order valence-corrected chi connectivity index (χ2v) is 8.12. The van der Waals surface area contributed by atoms with Crippen molar-refractivity contribution in [2.24, 2.45) is 0 Å². The standard InChI is InChI=1S/C25H25N5O3/c1-33-15-14-29(16-22-26-20-12-6-5-10-18(20)24(31)27-22)25(32)23-19-11-7-13-21(19)30(28-23)17-8-3-2-4-9-17/h2-6,8-10,12H,7,11,13-16H2,1H3,(H,26,27,31). The first-order valence-electron chi connectivity index (χ1n) is 11.1. The number of hydrogen-bond acceptors (Lipinski definition) is 5. The molecule has 5 rings (SSSR count). The van der Waals surface area contributed by atoms with Crippen LogP contribution in [0.5, 0.6) is 0 Å². The van der Waals surface area contributed by atoms with E-state index in [2.05, 4.69) is 9.97 Å². The van der Waals surface area contributed by atoms with Crippen LogP contribution in [0, 0.1) is 0 Å². The predicted molar refractivity (Wildman–Crippen MR) is 125 cm³/mol. The molecule has 0 spiro atoms. The van der Waals surface area contributed by atoms with Crippen molar-refractivity contribution >= 4 is 16.8 Å². The van der Waals surface area contributed by atoms with Crippen molar-refractivity contribution in [2.75, 3.05) is 20.3 Å². The summed E-state index contributed by atoms with van der Waals surface area (Å²) >= 11 is 0. The molecule has 0 unspecified atom stereocenters. The highest BCUT2D eigenvalue weighted by atomic mass is 16.5. The SMILES string of the molecule is COCCN(Cc1nc2ccccc2c(=O)[nH]1)C(=O)c1nn(-c2ccccc2)c2c1CCC2. The zero-order valence-corrected chi connectivity index (χ0v) is 18.5. The summed E-state index contributed by atoms with van der Waals surface area (Å²) in [5.74, 6) is 0.248. The zero-order chi connectivity index (χ0) is 22.8. The molecule has 0 saturated heterocycles. The Bertz CT molecular complexity index is 1360. The van der Waals surface area contributed by atoms with E-state index in [1.165, 1.54) is 0 Å². The Morgan fingerprint density at radius 1 is 1.12 bits per heavy atom. The number of ether oxygens (including phenoxy) is 1. The Labute approximate surface area is 190 Å². The zero-order valence-electron chi connectivity index (χ0n) is 18.5. The fourth-order valence-electron chi connectivity index (χ4n) is 4.39. The number of methoxy groups -OCH3 is 1. The van der Waals surface area contributed by atoms with Crippen molar-refractivity contribution in [1.29, 1.82) is 0 Å². The van der Waals surface area contributed by atoms with Crippen LogP contribution in [0.3, 0.4) is 0 Å². The fraction of sp³-hybridized carbons (Fsp3) is 0.280. The summed E-state index contributed by atoms with van der Waals surface area (Å²) in [6.07, 6.45) is 2.71. The number of hydrogen-bond donors (Lipinski definition) is 1. The van der Waals surface area contributed by atoms with Crippen molar-refractivity contribution < 1.29 is 9.53 Å². The first kappa shape index (κ1) is 21.1. The lowest BCUT2D eigenvalue weighted by Gasteiger charge is -2.21. The number of fused-ring (bicyclic) bond motifs is 2. The fourth-order valence-corrected chi connectivity index (χ4v) is 4.39. The lowest BCUT2D eigenvalue weighted by atomic mass is 10.1. The maximum Gasteiger partial charge on any atom is 0.275 e. The number of amides is 1. The molecule has 0 aliphatic heterocycles. The molecule has 8 nitrogen and oxygen atoms in total. The molecule has 0 atom stereocenters. The molecule has 0 saturated carbocycles. The van der Waals surface area contributed by atoms with Crippen LogP contribution < -0.4 is 5.56 Å². The van der Waals surface area contributed by atoms with Gasteiger partial charge in [-0.05, 0) is 43.5 Å². The van der Waals surface area contributed by atoms with Gasteiger partial charge in [-0.15, -0.1) is 0 Å². The average molecular weight is 444 g/mol. The van der Waals surface area contributed by atoms with Crippen LogP contribution in [0.15, 0.2) is 59.4 Å². The third-order valence-corrected chi connectivity index (χ3v) is 5.99. The number of aromatic nitrogens is 4. The molecule has 1 N–H and O–H groups in total. The average Bonchev–Trinajstić information content (AvgIpc) is 3.45. The first-order valence-corrected chi connectivity index (χ1v) is 11.1. The maximum absolute atomic E-state index is 13.7. The molecule has 1 aliphatic rings. The molecule has 2 heterocycles. The molecule has 1 amide bonds. The minimum Gasteiger partial charge on any atom is -0.383 e. The van der Waals surface area contributed by atoms with E-state index in [0.29, 0.717) is 35.6 Å². The molecule has 168 valence electrons. The lowest BCUT2D eigenvalue weighted by molar-refractivity contribution is 0.0668. The van der Waals surface area contributed by atoms with Crippen LogP contribution in [-0.4, -0.2) is 50.8 Å². The van der Waals surface area contributed by atoms with Gasteiger partial charge in [0.05, 0.1) is 29.7 Å². The van der Waals surface area contributed by atoms with Crippen molar-refractivity contribution in [3.8, 4) is 5.69 Å².